The topological polar surface area (TPSA) is 40.6 Å². The third kappa shape index (κ3) is 2.99. The Morgan fingerprint density at radius 1 is 1.16 bits per heavy atom. The van der Waals surface area contributed by atoms with E-state index in [1.54, 1.807) is 23.5 Å². The highest BCUT2D eigenvalue weighted by Crippen LogP contribution is 2.45. The average molecular weight is 442 g/mol. The molecular weight excluding hydrogens is 424 g/mol. The number of fused-ring (bicyclic) bond motifs is 1. The first kappa shape index (κ1) is 17.3. The fraction of sp³-hybridized carbons (Fsp3) is 0.333. The van der Waals surface area contributed by atoms with Gasteiger partial charge >= 0.3 is 0 Å². The third-order valence-electron chi connectivity index (χ3n) is 5.02. The van der Waals surface area contributed by atoms with Crippen molar-refractivity contribution in [1.29, 1.82) is 0 Å². The van der Waals surface area contributed by atoms with E-state index in [0.717, 1.165) is 18.5 Å². The molecule has 4 nitrogen and oxygen atoms in total. The van der Waals surface area contributed by atoms with E-state index in [-0.39, 0.29) is 6.04 Å². The molecule has 1 aliphatic carbocycles. The van der Waals surface area contributed by atoms with Crippen LogP contribution in [0.4, 0.5) is 11.4 Å². The van der Waals surface area contributed by atoms with Crippen molar-refractivity contribution in [1.82, 2.24) is 4.31 Å². The maximum atomic E-state index is 13.2. The van der Waals surface area contributed by atoms with Crippen molar-refractivity contribution in [2.75, 3.05) is 18.5 Å². The zero-order chi connectivity index (χ0) is 17.8. The molecule has 0 spiro atoms. The molecule has 25 heavy (non-hydrogen) atoms. The summed E-state index contributed by atoms with van der Waals surface area (Å²) >= 11 is 9.68. The molecule has 0 saturated heterocycles. The Kier molecular flexibility index (Phi) is 4.35. The van der Waals surface area contributed by atoms with Crippen LogP contribution in [0, 0.1) is 5.92 Å². The van der Waals surface area contributed by atoms with Gasteiger partial charge in [0.25, 0.3) is 0 Å². The minimum Gasteiger partial charge on any atom is -0.339 e. The van der Waals surface area contributed by atoms with Crippen LogP contribution in [-0.2, 0) is 10.0 Å². The van der Waals surface area contributed by atoms with Crippen molar-refractivity contribution in [3.05, 3.63) is 52.0 Å². The summed E-state index contributed by atoms with van der Waals surface area (Å²) in [5.74, 6) is 0.416. The van der Waals surface area contributed by atoms with Gasteiger partial charge in [-0.25, -0.2) is 8.42 Å². The summed E-state index contributed by atoms with van der Waals surface area (Å²) in [5.41, 5.74) is 1.60. The van der Waals surface area contributed by atoms with Gasteiger partial charge in [-0.1, -0.05) is 29.8 Å². The number of anilines is 2. The molecule has 7 heteroatoms. The molecule has 1 unspecified atom stereocenters. The molecule has 0 N–H and O–H groups in total. The summed E-state index contributed by atoms with van der Waals surface area (Å²) in [5, 5.41) is 0.502. The fourth-order valence-electron chi connectivity index (χ4n) is 3.45. The summed E-state index contributed by atoms with van der Waals surface area (Å²) in [6.45, 7) is 0.620. The highest BCUT2D eigenvalue weighted by molar-refractivity contribution is 9.10. The number of sulfonamides is 1. The summed E-state index contributed by atoms with van der Waals surface area (Å²) in [7, 11) is -1.90. The van der Waals surface area contributed by atoms with Crippen LogP contribution in [0.25, 0.3) is 0 Å². The van der Waals surface area contributed by atoms with E-state index in [1.165, 1.54) is 0 Å². The number of rotatable bonds is 2. The maximum absolute atomic E-state index is 13.2. The number of halogens is 2. The molecule has 1 heterocycles. The molecule has 4 rings (SSSR count). The first-order valence-electron chi connectivity index (χ1n) is 8.19. The van der Waals surface area contributed by atoms with Crippen molar-refractivity contribution < 1.29 is 8.42 Å². The Labute approximate surface area is 161 Å². The zero-order valence-electron chi connectivity index (χ0n) is 13.7. The largest absolute Gasteiger partial charge is 0.339 e. The number of para-hydroxylation sites is 1. The highest BCUT2D eigenvalue weighted by atomic mass is 79.9. The second kappa shape index (κ2) is 6.27. The predicted octanol–water partition coefficient (Wildman–Crippen LogP) is 4.65. The normalized spacial score (nSPS) is 23.2. The van der Waals surface area contributed by atoms with Crippen LogP contribution in [0.2, 0.25) is 5.02 Å². The van der Waals surface area contributed by atoms with Crippen LogP contribution in [0.15, 0.2) is 51.8 Å². The van der Waals surface area contributed by atoms with Crippen LogP contribution >= 0.6 is 27.5 Å². The third-order valence-corrected chi connectivity index (χ3v) is 8.13. The van der Waals surface area contributed by atoms with Crippen LogP contribution in [0.1, 0.15) is 12.8 Å². The number of hydrogen-bond donors (Lipinski definition) is 0. The molecule has 2 aromatic rings. The monoisotopic (exact) mass is 440 g/mol. The maximum Gasteiger partial charge on any atom is 0.245 e. The van der Waals surface area contributed by atoms with Gasteiger partial charge in [0.15, 0.2) is 0 Å². The van der Waals surface area contributed by atoms with Gasteiger partial charge in [0.05, 0.1) is 10.7 Å². The van der Waals surface area contributed by atoms with Crippen molar-refractivity contribution >= 4 is 48.9 Å². The molecule has 0 amide bonds. The van der Waals surface area contributed by atoms with Gasteiger partial charge in [0.2, 0.25) is 10.0 Å². The standard InChI is InChI=1S/C18H18BrClN2O2S/c1-21-17(12-7-8-12)11-22(13-5-3-2-4-6-13)16-10-15(20)14(19)9-18(16)25(21,23)24/h2-6,9-10,12,17H,7-8,11H2,1H3. The predicted molar refractivity (Wildman–Crippen MR) is 104 cm³/mol. The number of likely N-dealkylation sites (N-methyl/N-ethyl adjacent to an activating group) is 1. The van der Waals surface area contributed by atoms with E-state index < -0.39 is 10.0 Å². The Hall–Kier alpha value is -1.08. The quantitative estimate of drug-likeness (QED) is 0.681. The molecule has 2 aromatic carbocycles. The second-order valence-corrected chi connectivity index (χ2v) is 9.83. The van der Waals surface area contributed by atoms with E-state index in [9.17, 15) is 8.42 Å². The van der Waals surface area contributed by atoms with Gasteiger partial charge in [-0.05, 0) is 59.0 Å². The fourth-order valence-corrected chi connectivity index (χ4v) is 5.71. The van der Waals surface area contributed by atoms with E-state index in [1.807, 2.05) is 30.3 Å². The minimum absolute atomic E-state index is 0.0462. The molecule has 132 valence electrons. The molecule has 0 radical (unpaired) electrons. The Morgan fingerprint density at radius 3 is 2.48 bits per heavy atom. The molecular formula is C18H18BrClN2O2S. The SMILES string of the molecule is CN1C(C2CC2)CN(c2ccccc2)c2cc(Cl)c(Br)cc2S1(=O)=O. The number of benzene rings is 2. The summed E-state index contributed by atoms with van der Waals surface area (Å²) in [6, 6.07) is 13.2. The smallest absolute Gasteiger partial charge is 0.245 e. The van der Waals surface area contributed by atoms with Crippen LogP contribution < -0.4 is 4.90 Å². The van der Waals surface area contributed by atoms with Gasteiger partial charge < -0.3 is 4.90 Å². The summed E-state index contributed by atoms with van der Waals surface area (Å²) in [4.78, 5) is 2.37. The summed E-state index contributed by atoms with van der Waals surface area (Å²) < 4.78 is 28.6. The van der Waals surface area contributed by atoms with Crippen LogP contribution in [-0.4, -0.2) is 32.4 Å². The second-order valence-electron chi connectivity index (χ2n) is 6.61. The molecule has 0 bridgehead atoms. The van der Waals surface area contributed by atoms with E-state index in [0.29, 0.717) is 32.5 Å². The van der Waals surface area contributed by atoms with Gasteiger partial charge in [-0.2, -0.15) is 4.31 Å². The van der Waals surface area contributed by atoms with Gasteiger partial charge in [0, 0.05) is 29.8 Å². The lowest BCUT2D eigenvalue weighted by Gasteiger charge is -2.29. The average Bonchev–Trinajstić information content (AvgIpc) is 3.43. The minimum atomic E-state index is -3.59. The molecule has 1 saturated carbocycles. The van der Waals surface area contributed by atoms with Gasteiger partial charge in [-0.15, -0.1) is 0 Å². The Morgan fingerprint density at radius 2 is 1.84 bits per heavy atom. The van der Waals surface area contributed by atoms with E-state index >= 15 is 0 Å². The van der Waals surface area contributed by atoms with Gasteiger partial charge in [0.1, 0.15) is 4.90 Å². The van der Waals surface area contributed by atoms with Gasteiger partial charge in [-0.3, -0.25) is 0 Å². The van der Waals surface area contributed by atoms with Crippen molar-refractivity contribution in [3.8, 4) is 0 Å². The molecule has 1 atom stereocenters. The van der Waals surface area contributed by atoms with Crippen molar-refractivity contribution in [3.63, 3.8) is 0 Å². The van der Waals surface area contributed by atoms with Crippen LogP contribution in [0.5, 0.6) is 0 Å². The molecule has 1 aliphatic heterocycles. The molecule has 0 aromatic heterocycles. The molecule has 1 fully saturated rings. The Bertz CT molecular complexity index is 916. The van der Waals surface area contributed by atoms with E-state index in [4.69, 9.17) is 11.6 Å². The Balaban J connectivity index is 1.96. The van der Waals surface area contributed by atoms with Crippen molar-refractivity contribution in [2.45, 2.75) is 23.8 Å². The first-order chi connectivity index (χ1) is 11.9. The highest BCUT2D eigenvalue weighted by Gasteiger charge is 2.44. The van der Waals surface area contributed by atoms with Crippen molar-refractivity contribution in [2.24, 2.45) is 5.92 Å². The van der Waals surface area contributed by atoms with Crippen LogP contribution in [0.3, 0.4) is 0 Å². The molecule has 2 aliphatic rings. The first-order valence-corrected chi connectivity index (χ1v) is 10.8. The number of nitrogens with zero attached hydrogens (tertiary/aromatic N) is 2. The lowest BCUT2D eigenvalue weighted by molar-refractivity contribution is 0.344. The zero-order valence-corrected chi connectivity index (χ0v) is 16.9. The number of hydrogen-bond acceptors (Lipinski definition) is 3. The summed E-state index contributed by atoms with van der Waals surface area (Å²) in [6.07, 6.45) is 2.15. The lowest BCUT2D eigenvalue weighted by Crippen LogP contribution is -2.42. The lowest BCUT2D eigenvalue weighted by atomic mass is 10.1. The van der Waals surface area contributed by atoms with E-state index in [2.05, 4.69) is 20.8 Å².